The standard InChI is InChI=1S/C12H13BrF3NO2/c1-2-17(5-3-4-13)12(19)7-6-8(14)10(16)11(18)9(7)15/h6,18H,2-5H2,1H3. The van der Waals surface area contributed by atoms with Crippen molar-refractivity contribution < 1.29 is 23.1 Å². The number of benzene rings is 1. The third-order valence-corrected chi connectivity index (χ3v) is 3.15. The van der Waals surface area contributed by atoms with Crippen LogP contribution in [0.1, 0.15) is 23.7 Å². The fourth-order valence-electron chi connectivity index (χ4n) is 1.57. The van der Waals surface area contributed by atoms with Crippen LogP contribution in [0.2, 0.25) is 0 Å². The van der Waals surface area contributed by atoms with Gasteiger partial charge in [-0.1, -0.05) is 15.9 Å². The molecule has 1 aromatic carbocycles. The minimum atomic E-state index is -1.70. The second kappa shape index (κ2) is 6.79. The predicted molar refractivity (Wildman–Crippen MR) is 68.0 cm³/mol. The van der Waals surface area contributed by atoms with Crippen molar-refractivity contribution in [3.8, 4) is 5.75 Å². The molecule has 0 radical (unpaired) electrons. The number of carbonyl (C=O) groups excluding carboxylic acids is 1. The van der Waals surface area contributed by atoms with Gasteiger partial charge < -0.3 is 10.0 Å². The molecule has 0 fully saturated rings. The highest BCUT2D eigenvalue weighted by atomic mass is 79.9. The van der Waals surface area contributed by atoms with Crippen molar-refractivity contribution in [3.05, 3.63) is 29.1 Å². The van der Waals surface area contributed by atoms with Gasteiger partial charge in [0.2, 0.25) is 5.82 Å². The molecule has 19 heavy (non-hydrogen) atoms. The van der Waals surface area contributed by atoms with E-state index in [-0.39, 0.29) is 0 Å². The molecular formula is C12H13BrF3NO2. The van der Waals surface area contributed by atoms with E-state index in [1.165, 1.54) is 4.90 Å². The van der Waals surface area contributed by atoms with E-state index in [1.54, 1.807) is 6.92 Å². The maximum atomic E-state index is 13.6. The second-order valence-electron chi connectivity index (χ2n) is 3.81. The van der Waals surface area contributed by atoms with Crippen LogP contribution in [0.25, 0.3) is 0 Å². The SMILES string of the molecule is CCN(CCCBr)C(=O)c1cc(F)c(F)c(O)c1F. The van der Waals surface area contributed by atoms with Gasteiger partial charge in [0.1, 0.15) is 0 Å². The molecule has 0 atom stereocenters. The molecule has 0 unspecified atom stereocenters. The third kappa shape index (κ3) is 3.40. The van der Waals surface area contributed by atoms with Crippen molar-refractivity contribution in [1.82, 2.24) is 4.90 Å². The lowest BCUT2D eigenvalue weighted by atomic mass is 10.1. The Balaban J connectivity index is 3.11. The Hall–Kier alpha value is -1.24. The average Bonchev–Trinajstić information content (AvgIpc) is 2.41. The topological polar surface area (TPSA) is 40.5 Å². The lowest BCUT2D eigenvalue weighted by Crippen LogP contribution is -2.32. The lowest BCUT2D eigenvalue weighted by molar-refractivity contribution is 0.0758. The fraction of sp³-hybridized carbons (Fsp3) is 0.417. The highest BCUT2D eigenvalue weighted by Crippen LogP contribution is 2.26. The van der Waals surface area contributed by atoms with Crippen LogP contribution in [-0.2, 0) is 0 Å². The zero-order valence-corrected chi connectivity index (χ0v) is 11.8. The molecule has 0 saturated heterocycles. The molecule has 1 N–H and O–H groups in total. The van der Waals surface area contributed by atoms with E-state index < -0.39 is 34.7 Å². The van der Waals surface area contributed by atoms with E-state index in [1.807, 2.05) is 0 Å². The third-order valence-electron chi connectivity index (χ3n) is 2.59. The number of phenolic OH excluding ortho intramolecular Hbond substituents is 1. The van der Waals surface area contributed by atoms with Crippen molar-refractivity contribution in [3.63, 3.8) is 0 Å². The van der Waals surface area contributed by atoms with Crippen molar-refractivity contribution in [2.24, 2.45) is 0 Å². The molecule has 0 heterocycles. The Kier molecular flexibility index (Phi) is 5.65. The Morgan fingerprint density at radius 2 is 2.00 bits per heavy atom. The fourth-order valence-corrected chi connectivity index (χ4v) is 1.82. The van der Waals surface area contributed by atoms with Gasteiger partial charge >= 0.3 is 0 Å². The van der Waals surface area contributed by atoms with Gasteiger partial charge in [-0.05, 0) is 19.4 Å². The Morgan fingerprint density at radius 1 is 1.37 bits per heavy atom. The van der Waals surface area contributed by atoms with E-state index in [2.05, 4.69) is 15.9 Å². The Bertz CT molecular complexity index is 483. The zero-order valence-electron chi connectivity index (χ0n) is 10.2. The van der Waals surface area contributed by atoms with Crippen LogP contribution in [0.5, 0.6) is 5.75 Å². The zero-order chi connectivity index (χ0) is 14.6. The largest absolute Gasteiger partial charge is 0.503 e. The first-order valence-corrected chi connectivity index (χ1v) is 6.77. The van der Waals surface area contributed by atoms with Crippen LogP contribution in [0, 0.1) is 17.5 Å². The summed E-state index contributed by atoms with van der Waals surface area (Å²) in [5.41, 5.74) is -0.673. The highest BCUT2D eigenvalue weighted by Gasteiger charge is 2.25. The number of hydrogen-bond donors (Lipinski definition) is 1. The van der Waals surface area contributed by atoms with Gasteiger partial charge in [0.15, 0.2) is 17.4 Å². The van der Waals surface area contributed by atoms with E-state index in [9.17, 15) is 18.0 Å². The summed E-state index contributed by atoms with van der Waals surface area (Å²) in [5, 5.41) is 9.73. The maximum Gasteiger partial charge on any atom is 0.257 e. The summed E-state index contributed by atoms with van der Waals surface area (Å²) in [4.78, 5) is 13.3. The van der Waals surface area contributed by atoms with Crippen LogP contribution in [0.15, 0.2) is 6.07 Å². The minimum absolute atomic E-state index is 0.297. The Morgan fingerprint density at radius 3 is 2.53 bits per heavy atom. The first-order chi connectivity index (χ1) is 8.93. The summed E-state index contributed by atoms with van der Waals surface area (Å²) in [7, 11) is 0. The molecule has 0 aliphatic carbocycles. The molecule has 0 bridgehead atoms. The van der Waals surface area contributed by atoms with Crippen LogP contribution in [-0.4, -0.2) is 34.3 Å². The minimum Gasteiger partial charge on any atom is -0.503 e. The van der Waals surface area contributed by atoms with Gasteiger partial charge in [-0.15, -0.1) is 0 Å². The van der Waals surface area contributed by atoms with E-state index in [0.29, 0.717) is 30.9 Å². The molecule has 0 saturated carbocycles. The number of hydrogen-bond acceptors (Lipinski definition) is 2. The van der Waals surface area contributed by atoms with Gasteiger partial charge in [0.05, 0.1) is 5.56 Å². The summed E-state index contributed by atoms with van der Waals surface area (Å²) in [5.74, 6) is -6.85. The molecule has 0 aliphatic heterocycles. The molecule has 7 heteroatoms. The van der Waals surface area contributed by atoms with Gasteiger partial charge in [-0.25, -0.2) is 8.78 Å². The van der Waals surface area contributed by atoms with E-state index in [4.69, 9.17) is 5.11 Å². The molecule has 1 rings (SSSR count). The normalized spacial score (nSPS) is 10.6. The van der Waals surface area contributed by atoms with Crippen molar-refractivity contribution >= 4 is 21.8 Å². The monoisotopic (exact) mass is 339 g/mol. The van der Waals surface area contributed by atoms with Crippen LogP contribution < -0.4 is 0 Å². The molecule has 0 aliphatic rings. The lowest BCUT2D eigenvalue weighted by Gasteiger charge is -2.21. The summed E-state index contributed by atoms with van der Waals surface area (Å²) in [6, 6.07) is 0.462. The smallest absolute Gasteiger partial charge is 0.257 e. The first-order valence-electron chi connectivity index (χ1n) is 5.65. The number of carbonyl (C=O) groups is 1. The van der Waals surface area contributed by atoms with Crippen molar-refractivity contribution in [1.29, 1.82) is 0 Å². The number of alkyl halides is 1. The summed E-state index contributed by atoms with van der Waals surface area (Å²) in [6.07, 6.45) is 0.636. The molecular weight excluding hydrogens is 327 g/mol. The highest BCUT2D eigenvalue weighted by molar-refractivity contribution is 9.09. The molecule has 3 nitrogen and oxygen atoms in total. The van der Waals surface area contributed by atoms with Crippen LogP contribution >= 0.6 is 15.9 Å². The Labute approximate surface area is 117 Å². The van der Waals surface area contributed by atoms with Gasteiger partial charge in [0.25, 0.3) is 5.91 Å². The quantitative estimate of drug-likeness (QED) is 0.661. The maximum absolute atomic E-state index is 13.6. The summed E-state index contributed by atoms with van der Waals surface area (Å²) in [6.45, 7) is 2.33. The molecule has 106 valence electrons. The summed E-state index contributed by atoms with van der Waals surface area (Å²) < 4.78 is 39.6. The first kappa shape index (κ1) is 15.8. The average molecular weight is 340 g/mol. The second-order valence-corrected chi connectivity index (χ2v) is 4.60. The van der Waals surface area contributed by atoms with Gasteiger partial charge in [0, 0.05) is 18.4 Å². The number of rotatable bonds is 5. The molecule has 1 amide bonds. The number of phenols is 1. The number of aromatic hydroxyl groups is 1. The van der Waals surface area contributed by atoms with Crippen LogP contribution in [0.4, 0.5) is 13.2 Å². The number of nitrogens with zero attached hydrogens (tertiary/aromatic N) is 1. The van der Waals surface area contributed by atoms with Crippen molar-refractivity contribution in [2.75, 3.05) is 18.4 Å². The van der Waals surface area contributed by atoms with E-state index in [0.717, 1.165) is 0 Å². The van der Waals surface area contributed by atoms with Gasteiger partial charge in [-0.3, -0.25) is 4.79 Å². The molecule has 1 aromatic rings. The van der Waals surface area contributed by atoms with Crippen LogP contribution in [0.3, 0.4) is 0 Å². The van der Waals surface area contributed by atoms with Crippen molar-refractivity contribution in [2.45, 2.75) is 13.3 Å². The molecule has 0 spiro atoms. The number of amides is 1. The number of halogens is 4. The molecule has 0 aromatic heterocycles. The van der Waals surface area contributed by atoms with Gasteiger partial charge in [-0.2, -0.15) is 4.39 Å². The predicted octanol–water partition coefficient (Wildman–Crippen LogP) is 3.06. The summed E-state index contributed by atoms with van der Waals surface area (Å²) >= 11 is 3.20. The van der Waals surface area contributed by atoms with E-state index >= 15 is 0 Å².